The topological polar surface area (TPSA) is 108 Å². The van der Waals surface area contributed by atoms with Crippen molar-refractivity contribution < 1.29 is 17.8 Å². The molecule has 0 spiro atoms. The van der Waals surface area contributed by atoms with Crippen LogP contribution in [0, 0.1) is 0 Å². The summed E-state index contributed by atoms with van der Waals surface area (Å²) in [6.07, 6.45) is 14.4. The molecule has 0 atom stereocenters. The second kappa shape index (κ2) is 15.3. The van der Waals surface area contributed by atoms with Crippen molar-refractivity contribution in [1.82, 2.24) is 0 Å². The van der Waals surface area contributed by atoms with E-state index in [1.54, 1.807) is 24.3 Å². The molecule has 2 aromatic rings. The largest absolute Gasteiger partial charge is 0.326 e. The predicted molar refractivity (Wildman–Crippen MR) is 137 cm³/mol. The third kappa shape index (κ3) is 11.5. The average molecular weight is 488 g/mol. The lowest BCUT2D eigenvalue weighted by atomic mass is 10.1. The van der Waals surface area contributed by atoms with Crippen LogP contribution in [0.15, 0.2) is 63.7 Å². The fourth-order valence-corrected chi connectivity index (χ4v) is 4.06. The number of unbranched alkanes of at least 4 members (excludes halogenated alkanes) is 10. The molecule has 0 radical (unpaired) electrons. The number of anilines is 1. The van der Waals surface area contributed by atoms with Crippen molar-refractivity contribution in [3.8, 4) is 0 Å². The molecule has 2 N–H and O–H groups in total. The van der Waals surface area contributed by atoms with Gasteiger partial charge in [0.2, 0.25) is 5.91 Å². The summed E-state index contributed by atoms with van der Waals surface area (Å²) < 4.78 is 31.1. The molecule has 0 unspecified atom stereocenters. The Bertz CT molecular complexity index is 988. The van der Waals surface area contributed by atoms with Crippen molar-refractivity contribution in [2.24, 2.45) is 10.2 Å². The SMILES string of the molecule is CCCCCCCCCCCCCC(=O)Nc1ccc(N=Nc2ccc(S(=O)(=O)O)cc2)cc1. The van der Waals surface area contributed by atoms with Gasteiger partial charge < -0.3 is 5.32 Å². The van der Waals surface area contributed by atoms with E-state index in [0.29, 0.717) is 23.5 Å². The summed E-state index contributed by atoms with van der Waals surface area (Å²) in [6, 6.07) is 12.5. The Morgan fingerprint density at radius 2 is 1.18 bits per heavy atom. The first kappa shape index (κ1) is 27.7. The van der Waals surface area contributed by atoms with Crippen molar-refractivity contribution >= 4 is 33.1 Å². The number of azo groups is 1. The van der Waals surface area contributed by atoms with E-state index in [0.717, 1.165) is 12.8 Å². The quantitative estimate of drug-likeness (QED) is 0.142. The van der Waals surface area contributed by atoms with Crippen LogP contribution in [-0.2, 0) is 14.9 Å². The monoisotopic (exact) mass is 487 g/mol. The Morgan fingerprint density at radius 3 is 1.65 bits per heavy atom. The van der Waals surface area contributed by atoms with Crippen molar-refractivity contribution in [1.29, 1.82) is 0 Å². The molecule has 0 saturated heterocycles. The smallest absolute Gasteiger partial charge is 0.294 e. The van der Waals surface area contributed by atoms with E-state index < -0.39 is 10.1 Å². The summed E-state index contributed by atoms with van der Waals surface area (Å²) in [5.74, 6) is 0.0178. The third-order valence-corrected chi connectivity index (χ3v) is 6.44. The fraction of sp³-hybridized carbons (Fsp3) is 0.500. The molecule has 186 valence electrons. The van der Waals surface area contributed by atoms with Crippen LogP contribution in [0.2, 0.25) is 0 Å². The van der Waals surface area contributed by atoms with Gasteiger partial charge in [-0.05, 0) is 55.0 Å². The Hall–Kier alpha value is -2.58. The lowest BCUT2D eigenvalue weighted by molar-refractivity contribution is -0.116. The van der Waals surface area contributed by atoms with E-state index in [2.05, 4.69) is 22.5 Å². The average Bonchev–Trinajstić information content (AvgIpc) is 2.82. The van der Waals surface area contributed by atoms with E-state index >= 15 is 0 Å². The Labute approximate surface area is 203 Å². The highest BCUT2D eigenvalue weighted by atomic mass is 32.2. The molecule has 2 aromatic carbocycles. The van der Waals surface area contributed by atoms with E-state index in [-0.39, 0.29) is 10.8 Å². The number of hydrogen-bond acceptors (Lipinski definition) is 5. The summed E-state index contributed by atoms with van der Waals surface area (Å²) in [5, 5.41) is 11.1. The van der Waals surface area contributed by atoms with Gasteiger partial charge >= 0.3 is 0 Å². The molecule has 0 aliphatic heterocycles. The molecule has 7 nitrogen and oxygen atoms in total. The van der Waals surface area contributed by atoms with Crippen LogP contribution in [0.5, 0.6) is 0 Å². The standard InChI is InChI=1S/C26H37N3O4S/c1-2-3-4-5-6-7-8-9-10-11-12-13-26(30)27-22-14-16-23(17-15-22)28-29-24-18-20-25(21-19-24)34(31,32)33/h14-21H,2-13H2,1H3,(H,27,30)(H,31,32,33). The van der Waals surface area contributed by atoms with Crippen LogP contribution in [0.1, 0.15) is 84.0 Å². The maximum atomic E-state index is 12.2. The number of nitrogens with one attached hydrogen (secondary N) is 1. The summed E-state index contributed by atoms with van der Waals surface area (Å²) in [7, 11) is -4.22. The van der Waals surface area contributed by atoms with E-state index in [1.165, 1.54) is 82.1 Å². The summed E-state index contributed by atoms with van der Waals surface area (Å²) in [4.78, 5) is 12.0. The van der Waals surface area contributed by atoms with Gasteiger partial charge in [-0.2, -0.15) is 18.6 Å². The number of amides is 1. The molecule has 0 aromatic heterocycles. The number of carbonyl (C=O) groups excluding carboxylic acids is 1. The van der Waals surface area contributed by atoms with Crippen molar-refractivity contribution in [3.63, 3.8) is 0 Å². The molecular weight excluding hydrogens is 450 g/mol. The maximum Gasteiger partial charge on any atom is 0.294 e. The number of nitrogens with zero attached hydrogens (tertiary/aromatic N) is 2. The van der Waals surface area contributed by atoms with Gasteiger partial charge in [-0.3, -0.25) is 9.35 Å². The summed E-state index contributed by atoms with van der Waals surface area (Å²) >= 11 is 0. The molecular formula is C26H37N3O4S. The van der Waals surface area contributed by atoms with Crippen molar-refractivity contribution in [3.05, 3.63) is 48.5 Å². The number of hydrogen-bond donors (Lipinski definition) is 2. The zero-order valence-electron chi connectivity index (χ0n) is 20.1. The first-order chi connectivity index (χ1) is 16.4. The van der Waals surface area contributed by atoms with E-state index in [1.807, 2.05) is 0 Å². The first-order valence-corrected chi connectivity index (χ1v) is 13.7. The molecule has 34 heavy (non-hydrogen) atoms. The third-order valence-electron chi connectivity index (χ3n) is 5.57. The Kier molecular flexibility index (Phi) is 12.5. The van der Waals surface area contributed by atoms with E-state index in [4.69, 9.17) is 4.55 Å². The predicted octanol–water partition coefficient (Wildman–Crippen LogP) is 7.99. The normalized spacial score (nSPS) is 11.7. The van der Waals surface area contributed by atoms with Gasteiger partial charge in [0.25, 0.3) is 10.1 Å². The van der Waals surface area contributed by atoms with Crippen molar-refractivity contribution in [2.75, 3.05) is 5.32 Å². The van der Waals surface area contributed by atoms with Crippen LogP contribution in [0.25, 0.3) is 0 Å². The lowest BCUT2D eigenvalue weighted by Gasteiger charge is -2.06. The Morgan fingerprint density at radius 1 is 0.735 bits per heavy atom. The zero-order chi connectivity index (χ0) is 24.7. The molecule has 2 rings (SSSR count). The minimum absolute atomic E-state index is 0.0178. The number of benzene rings is 2. The summed E-state index contributed by atoms with van der Waals surface area (Å²) in [6.45, 7) is 2.24. The van der Waals surface area contributed by atoms with Gasteiger partial charge in [0.1, 0.15) is 0 Å². The minimum Gasteiger partial charge on any atom is -0.326 e. The first-order valence-electron chi connectivity index (χ1n) is 12.3. The van der Waals surface area contributed by atoms with Gasteiger partial charge in [0.15, 0.2) is 0 Å². The Balaban J connectivity index is 1.62. The highest BCUT2D eigenvalue weighted by molar-refractivity contribution is 7.85. The molecule has 0 saturated carbocycles. The van der Waals surface area contributed by atoms with Crippen LogP contribution in [0.3, 0.4) is 0 Å². The maximum absolute atomic E-state index is 12.2. The highest BCUT2D eigenvalue weighted by Crippen LogP contribution is 2.22. The molecule has 0 aliphatic carbocycles. The lowest BCUT2D eigenvalue weighted by Crippen LogP contribution is -2.10. The van der Waals surface area contributed by atoms with Crippen LogP contribution < -0.4 is 5.32 Å². The fourth-order valence-electron chi connectivity index (χ4n) is 3.58. The molecule has 0 heterocycles. The molecule has 0 bridgehead atoms. The van der Waals surface area contributed by atoms with Gasteiger partial charge in [-0.1, -0.05) is 71.1 Å². The van der Waals surface area contributed by atoms with Gasteiger partial charge in [0.05, 0.1) is 16.3 Å². The molecule has 0 aliphatic rings. The molecule has 1 amide bonds. The van der Waals surface area contributed by atoms with Gasteiger partial charge in [-0.15, -0.1) is 0 Å². The van der Waals surface area contributed by atoms with Gasteiger partial charge in [0, 0.05) is 12.1 Å². The van der Waals surface area contributed by atoms with Crippen LogP contribution >= 0.6 is 0 Å². The molecule has 0 fully saturated rings. The minimum atomic E-state index is -4.22. The summed E-state index contributed by atoms with van der Waals surface area (Å²) in [5.41, 5.74) is 1.77. The van der Waals surface area contributed by atoms with Crippen LogP contribution in [0.4, 0.5) is 17.1 Å². The second-order valence-electron chi connectivity index (χ2n) is 8.55. The zero-order valence-corrected chi connectivity index (χ0v) is 20.9. The second-order valence-corrected chi connectivity index (χ2v) is 9.97. The number of carbonyl (C=O) groups is 1. The van der Waals surface area contributed by atoms with Crippen molar-refractivity contribution in [2.45, 2.75) is 88.9 Å². The van der Waals surface area contributed by atoms with Crippen LogP contribution in [-0.4, -0.2) is 18.9 Å². The van der Waals surface area contributed by atoms with Gasteiger partial charge in [-0.25, -0.2) is 0 Å². The highest BCUT2D eigenvalue weighted by Gasteiger charge is 2.08. The van der Waals surface area contributed by atoms with E-state index in [9.17, 15) is 13.2 Å². The number of rotatable bonds is 16. The molecule has 8 heteroatoms.